The maximum atomic E-state index is 13.6. The summed E-state index contributed by atoms with van der Waals surface area (Å²) in [6.07, 6.45) is -0.360. The number of rotatable bonds is 5. The van der Waals surface area contributed by atoms with E-state index in [1.165, 1.54) is 0 Å². The van der Waals surface area contributed by atoms with Crippen LogP contribution in [0.15, 0.2) is 30.3 Å². The summed E-state index contributed by atoms with van der Waals surface area (Å²) >= 11 is 0. The molecule has 0 amide bonds. The molecule has 1 heterocycles. The lowest BCUT2D eigenvalue weighted by atomic mass is 9.71. The van der Waals surface area contributed by atoms with Crippen LogP contribution in [0.1, 0.15) is 44.6 Å². The fraction of sp³-hybridized carbons (Fsp3) is 0.650. The van der Waals surface area contributed by atoms with Crippen LogP contribution < -0.4 is 0 Å². The van der Waals surface area contributed by atoms with E-state index in [9.17, 15) is 13.2 Å². The number of halogens is 3. The zero-order valence-corrected chi connectivity index (χ0v) is 15.1. The number of hydrogen-bond acceptors (Lipinski definition) is 3. The number of hydrogen-bond donors (Lipinski definition) is 0. The minimum Gasteiger partial charge on any atom is -0.358 e. The van der Waals surface area contributed by atoms with Crippen molar-refractivity contribution in [3.05, 3.63) is 35.9 Å². The normalized spacial score (nSPS) is 29.0. The zero-order valence-electron chi connectivity index (χ0n) is 15.1. The van der Waals surface area contributed by atoms with E-state index >= 15 is 0 Å². The molecule has 1 aromatic carbocycles. The molecule has 6 heteroatoms. The fourth-order valence-corrected chi connectivity index (χ4v) is 4.05. The van der Waals surface area contributed by atoms with Crippen LogP contribution in [-0.2, 0) is 11.3 Å². The van der Waals surface area contributed by atoms with E-state index in [4.69, 9.17) is 10.00 Å². The van der Waals surface area contributed by atoms with Crippen LogP contribution in [0.4, 0.5) is 13.2 Å². The number of likely N-dealkylation sites (tertiary alicyclic amines) is 1. The summed E-state index contributed by atoms with van der Waals surface area (Å²) in [6, 6.07) is 11.4. The standard InChI is InChI=1S/C20H25F3N2O/c1-18(11-12-24)9-7-17(8-10-18)25-14-19(15-25,20(21,22)23)26-13-16-5-3-2-4-6-16/h2-6,17H,7-11,13-15H2,1H3/t17-,18+. The smallest absolute Gasteiger partial charge is 0.358 e. The summed E-state index contributed by atoms with van der Waals surface area (Å²) in [5.41, 5.74) is -1.29. The van der Waals surface area contributed by atoms with Gasteiger partial charge >= 0.3 is 6.18 Å². The molecule has 2 aliphatic rings. The maximum absolute atomic E-state index is 13.6. The first-order chi connectivity index (χ1) is 12.3. The van der Waals surface area contributed by atoms with E-state index in [1.807, 2.05) is 11.0 Å². The van der Waals surface area contributed by atoms with Crippen LogP contribution >= 0.6 is 0 Å². The Hall–Kier alpha value is -1.58. The molecule has 1 aliphatic carbocycles. The van der Waals surface area contributed by atoms with E-state index < -0.39 is 11.8 Å². The van der Waals surface area contributed by atoms with E-state index in [1.54, 1.807) is 24.3 Å². The second-order valence-electron chi connectivity index (χ2n) is 8.05. The van der Waals surface area contributed by atoms with Crippen molar-refractivity contribution in [1.29, 1.82) is 5.26 Å². The highest BCUT2D eigenvalue weighted by Gasteiger charge is 2.64. The molecule has 1 saturated heterocycles. The van der Waals surface area contributed by atoms with Crippen molar-refractivity contribution in [3.63, 3.8) is 0 Å². The Balaban J connectivity index is 1.57. The molecule has 3 rings (SSSR count). The summed E-state index contributed by atoms with van der Waals surface area (Å²) in [6.45, 7) is 1.89. The van der Waals surface area contributed by atoms with Gasteiger partial charge in [-0.15, -0.1) is 0 Å². The van der Waals surface area contributed by atoms with Gasteiger partial charge in [-0.3, -0.25) is 4.90 Å². The van der Waals surface area contributed by atoms with Crippen molar-refractivity contribution in [2.75, 3.05) is 13.1 Å². The van der Waals surface area contributed by atoms with Gasteiger partial charge in [0, 0.05) is 25.6 Å². The molecule has 0 spiro atoms. The van der Waals surface area contributed by atoms with Crippen molar-refractivity contribution in [2.45, 2.75) is 63.5 Å². The van der Waals surface area contributed by atoms with Crippen LogP contribution in [-0.4, -0.2) is 35.8 Å². The van der Waals surface area contributed by atoms with E-state index in [0.29, 0.717) is 6.42 Å². The molecule has 0 bridgehead atoms. The third kappa shape index (κ3) is 3.89. The molecule has 1 aromatic rings. The molecular formula is C20H25F3N2O. The molecule has 0 aromatic heterocycles. The highest BCUT2D eigenvalue weighted by atomic mass is 19.4. The fourth-order valence-electron chi connectivity index (χ4n) is 4.05. The van der Waals surface area contributed by atoms with Gasteiger partial charge in [-0.05, 0) is 36.7 Å². The molecule has 2 fully saturated rings. The molecule has 142 valence electrons. The summed E-state index contributed by atoms with van der Waals surface area (Å²) < 4.78 is 46.3. The van der Waals surface area contributed by atoms with Crippen LogP contribution in [0.3, 0.4) is 0 Å². The van der Waals surface area contributed by atoms with Gasteiger partial charge in [-0.2, -0.15) is 18.4 Å². The topological polar surface area (TPSA) is 36.3 Å². The third-order valence-electron chi connectivity index (χ3n) is 5.98. The van der Waals surface area contributed by atoms with Gasteiger partial charge in [-0.25, -0.2) is 0 Å². The molecule has 0 radical (unpaired) electrons. The van der Waals surface area contributed by atoms with Crippen LogP contribution in [0, 0.1) is 16.7 Å². The number of nitriles is 1. The lowest BCUT2D eigenvalue weighted by Gasteiger charge is -2.54. The lowest BCUT2D eigenvalue weighted by molar-refractivity contribution is -0.327. The van der Waals surface area contributed by atoms with E-state index in [2.05, 4.69) is 13.0 Å². The third-order valence-corrected chi connectivity index (χ3v) is 5.98. The summed E-state index contributed by atoms with van der Waals surface area (Å²) in [4.78, 5) is 1.91. The number of ether oxygens (including phenoxy) is 1. The first-order valence-electron chi connectivity index (χ1n) is 9.13. The van der Waals surface area contributed by atoms with Gasteiger partial charge in [0.05, 0.1) is 12.7 Å². The van der Waals surface area contributed by atoms with Gasteiger partial charge in [-0.1, -0.05) is 37.3 Å². The second kappa shape index (κ2) is 7.21. The van der Waals surface area contributed by atoms with Gasteiger partial charge in [0.2, 0.25) is 0 Å². The Morgan fingerprint density at radius 3 is 2.35 bits per heavy atom. The Bertz CT molecular complexity index is 639. The van der Waals surface area contributed by atoms with Crippen molar-refractivity contribution in [1.82, 2.24) is 4.90 Å². The SMILES string of the molecule is C[C@]1(CC#N)CC[C@@H](N2CC(OCc3ccccc3)(C(F)(F)F)C2)CC1. The Kier molecular flexibility index (Phi) is 5.32. The average Bonchev–Trinajstić information content (AvgIpc) is 2.55. The quantitative estimate of drug-likeness (QED) is 0.759. The van der Waals surface area contributed by atoms with Gasteiger partial charge in [0.25, 0.3) is 0 Å². The van der Waals surface area contributed by atoms with Gasteiger partial charge in [0.1, 0.15) is 0 Å². The summed E-state index contributed by atoms with van der Waals surface area (Å²) in [5, 5.41) is 8.93. The Morgan fingerprint density at radius 1 is 1.19 bits per heavy atom. The second-order valence-corrected chi connectivity index (χ2v) is 8.05. The predicted octanol–water partition coefficient (Wildman–Crippen LogP) is 4.68. The van der Waals surface area contributed by atoms with Gasteiger partial charge in [0.15, 0.2) is 5.60 Å². The lowest BCUT2D eigenvalue weighted by Crippen LogP contribution is -2.72. The molecule has 3 nitrogen and oxygen atoms in total. The first-order valence-corrected chi connectivity index (χ1v) is 9.13. The minimum atomic E-state index is -4.37. The predicted molar refractivity (Wildman–Crippen MR) is 92.2 cm³/mol. The molecule has 26 heavy (non-hydrogen) atoms. The monoisotopic (exact) mass is 366 g/mol. The van der Waals surface area contributed by atoms with Gasteiger partial charge < -0.3 is 4.74 Å². The number of alkyl halides is 3. The molecule has 0 unspecified atom stereocenters. The number of nitrogens with zero attached hydrogens (tertiary/aromatic N) is 2. The molecule has 0 atom stereocenters. The molecule has 1 saturated carbocycles. The van der Waals surface area contributed by atoms with Crippen LogP contribution in [0.2, 0.25) is 0 Å². The van der Waals surface area contributed by atoms with Crippen molar-refractivity contribution in [2.24, 2.45) is 5.41 Å². The minimum absolute atomic E-state index is 0.0149. The largest absolute Gasteiger partial charge is 0.419 e. The highest BCUT2D eigenvalue weighted by molar-refractivity contribution is 5.14. The van der Waals surface area contributed by atoms with E-state index in [-0.39, 0.29) is 31.2 Å². The zero-order chi connectivity index (χ0) is 18.8. The summed E-state index contributed by atoms with van der Waals surface area (Å²) in [5.74, 6) is 0. The van der Waals surface area contributed by atoms with Crippen molar-refractivity contribution in [3.8, 4) is 6.07 Å². The highest BCUT2D eigenvalue weighted by Crippen LogP contribution is 2.46. The van der Waals surface area contributed by atoms with Crippen molar-refractivity contribution >= 4 is 0 Å². The molecule has 1 aliphatic heterocycles. The molecule has 0 N–H and O–H groups in total. The Morgan fingerprint density at radius 2 is 1.81 bits per heavy atom. The molecular weight excluding hydrogens is 341 g/mol. The Labute approximate surface area is 152 Å². The van der Waals surface area contributed by atoms with E-state index in [0.717, 1.165) is 31.2 Å². The van der Waals surface area contributed by atoms with Crippen LogP contribution in [0.5, 0.6) is 0 Å². The first kappa shape index (κ1) is 19.2. The van der Waals surface area contributed by atoms with Crippen molar-refractivity contribution < 1.29 is 17.9 Å². The summed E-state index contributed by atoms with van der Waals surface area (Å²) in [7, 11) is 0. The number of benzene rings is 1. The average molecular weight is 366 g/mol. The maximum Gasteiger partial charge on any atom is 0.419 e. The van der Waals surface area contributed by atoms with Crippen LogP contribution in [0.25, 0.3) is 0 Å².